The van der Waals surface area contributed by atoms with Crippen LogP contribution in [0.25, 0.3) is 0 Å². The first-order valence-electron chi connectivity index (χ1n) is 7.11. The Labute approximate surface area is 125 Å². The summed E-state index contributed by atoms with van der Waals surface area (Å²) < 4.78 is 11.4. The maximum Gasteiger partial charge on any atom is 0.224 e. The summed E-state index contributed by atoms with van der Waals surface area (Å²) >= 11 is 0. The largest absolute Gasteiger partial charge is 0.493 e. The molecule has 4 heteroatoms. The molecule has 0 bridgehead atoms. The van der Waals surface area contributed by atoms with Gasteiger partial charge in [-0.25, -0.2) is 4.98 Å². The van der Waals surface area contributed by atoms with E-state index in [9.17, 15) is 0 Å². The van der Waals surface area contributed by atoms with Crippen LogP contribution in [0.1, 0.15) is 29.3 Å². The molecule has 1 heterocycles. The lowest BCUT2D eigenvalue weighted by Crippen LogP contribution is -2.05. The molecule has 0 aliphatic carbocycles. The Bertz CT molecular complexity index is 639. The van der Waals surface area contributed by atoms with Gasteiger partial charge in [0, 0.05) is 17.8 Å². The maximum absolute atomic E-state index is 5.97. The quantitative estimate of drug-likeness (QED) is 0.913. The van der Waals surface area contributed by atoms with Gasteiger partial charge in [-0.15, -0.1) is 0 Å². The lowest BCUT2D eigenvalue weighted by Gasteiger charge is -2.15. The van der Waals surface area contributed by atoms with Crippen LogP contribution in [0.4, 0.5) is 0 Å². The molecule has 2 rings (SSSR count). The zero-order valence-electron chi connectivity index (χ0n) is 13.1. The summed E-state index contributed by atoms with van der Waals surface area (Å²) in [6, 6.07) is 7.94. The van der Waals surface area contributed by atoms with Crippen molar-refractivity contribution in [2.45, 2.75) is 33.7 Å². The number of hydrogen-bond donors (Lipinski definition) is 1. The normalized spacial score (nSPS) is 10.5. The third-order valence-corrected chi connectivity index (χ3v) is 3.48. The van der Waals surface area contributed by atoms with Crippen LogP contribution in [0.2, 0.25) is 0 Å². The molecule has 0 unspecified atom stereocenters. The van der Waals surface area contributed by atoms with Crippen LogP contribution in [-0.4, -0.2) is 12.1 Å². The third-order valence-electron chi connectivity index (χ3n) is 3.48. The minimum atomic E-state index is 0.393. The number of aromatic nitrogens is 1. The van der Waals surface area contributed by atoms with Gasteiger partial charge in [0.15, 0.2) is 11.5 Å². The highest BCUT2D eigenvalue weighted by Gasteiger charge is 2.13. The first-order valence-corrected chi connectivity index (χ1v) is 7.11. The minimum absolute atomic E-state index is 0.393. The molecule has 2 aromatic rings. The van der Waals surface area contributed by atoms with E-state index in [1.807, 2.05) is 38.1 Å². The van der Waals surface area contributed by atoms with Crippen LogP contribution in [0, 0.1) is 13.8 Å². The highest BCUT2D eigenvalue weighted by molar-refractivity contribution is 5.46. The average Bonchev–Trinajstić information content (AvgIpc) is 2.47. The first kappa shape index (κ1) is 15.3. The number of rotatable bonds is 5. The molecule has 1 aromatic carbocycles. The van der Waals surface area contributed by atoms with Crippen LogP contribution in [0.5, 0.6) is 17.4 Å². The van der Waals surface area contributed by atoms with Crippen LogP contribution < -0.4 is 15.2 Å². The molecule has 0 amide bonds. The van der Waals surface area contributed by atoms with Crippen molar-refractivity contribution >= 4 is 0 Å². The molecular formula is C17H22N2O2. The van der Waals surface area contributed by atoms with Crippen molar-refractivity contribution < 1.29 is 9.47 Å². The minimum Gasteiger partial charge on any atom is -0.493 e. The highest BCUT2D eigenvalue weighted by Crippen LogP contribution is 2.34. The molecule has 0 spiro atoms. The molecule has 2 N–H and O–H groups in total. The van der Waals surface area contributed by atoms with Crippen molar-refractivity contribution in [3.05, 3.63) is 46.6 Å². The molecular weight excluding hydrogens is 264 g/mol. The van der Waals surface area contributed by atoms with Crippen molar-refractivity contribution in [3.8, 4) is 17.4 Å². The Hall–Kier alpha value is -2.07. The summed E-state index contributed by atoms with van der Waals surface area (Å²) in [4.78, 5) is 4.46. The number of nitrogens with two attached hydrogens (primary N) is 1. The Balaban J connectivity index is 2.42. The fraction of sp³-hybridized carbons (Fsp3) is 0.353. The lowest BCUT2D eigenvalue weighted by molar-refractivity contribution is 0.371. The highest BCUT2D eigenvalue weighted by atomic mass is 16.5. The van der Waals surface area contributed by atoms with E-state index in [-0.39, 0.29) is 0 Å². The fourth-order valence-corrected chi connectivity index (χ4v) is 2.28. The van der Waals surface area contributed by atoms with E-state index in [2.05, 4.69) is 11.9 Å². The number of ether oxygens (including phenoxy) is 2. The van der Waals surface area contributed by atoms with E-state index >= 15 is 0 Å². The standard InChI is InChI=1S/C17H22N2O2/c1-5-13-6-7-15(16(9-13)20-4)21-17-14(10-18)11(2)8-12(3)19-17/h6-9H,5,10,18H2,1-4H3. The smallest absolute Gasteiger partial charge is 0.224 e. The van der Waals surface area contributed by atoms with Gasteiger partial charge < -0.3 is 15.2 Å². The first-order chi connectivity index (χ1) is 10.1. The van der Waals surface area contributed by atoms with Gasteiger partial charge in [0.25, 0.3) is 0 Å². The predicted octanol–water partition coefficient (Wildman–Crippen LogP) is 3.52. The third kappa shape index (κ3) is 3.34. The van der Waals surface area contributed by atoms with E-state index in [1.165, 1.54) is 5.56 Å². The van der Waals surface area contributed by atoms with Crippen LogP contribution in [0.3, 0.4) is 0 Å². The number of methoxy groups -OCH3 is 1. The maximum atomic E-state index is 5.97. The van der Waals surface area contributed by atoms with Gasteiger partial charge in [-0.2, -0.15) is 0 Å². The molecule has 0 atom stereocenters. The predicted molar refractivity (Wildman–Crippen MR) is 84.0 cm³/mol. The van der Waals surface area contributed by atoms with Crippen LogP contribution in [-0.2, 0) is 13.0 Å². The Morgan fingerprint density at radius 1 is 1.14 bits per heavy atom. The van der Waals surface area contributed by atoms with E-state index in [4.69, 9.17) is 15.2 Å². The second-order valence-electron chi connectivity index (χ2n) is 5.01. The molecule has 1 aromatic heterocycles. The number of benzene rings is 1. The molecule has 21 heavy (non-hydrogen) atoms. The summed E-state index contributed by atoms with van der Waals surface area (Å²) in [5.74, 6) is 1.91. The molecule has 0 aliphatic rings. The van der Waals surface area contributed by atoms with Crippen molar-refractivity contribution in [2.75, 3.05) is 7.11 Å². The topological polar surface area (TPSA) is 57.4 Å². The van der Waals surface area contributed by atoms with Gasteiger partial charge in [0.2, 0.25) is 5.88 Å². The van der Waals surface area contributed by atoms with E-state index in [1.54, 1.807) is 7.11 Å². The molecule has 4 nitrogen and oxygen atoms in total. The summed E-state index contributed by atoms with van der Waals surface area (Å²) in [6.07, 6.45) is 0.951. The van der Waals surface area contributed by atoms with Gasteiger partial charge in [0.05, 0.1) is 7.11 Å². The average molecular weight is 286 g/mol. The fourth-order valence-electron chi connectivity index (χ4n) is 2.28. The van der Waals surface area contributed by atoms with Gasteiger partial charge in [-0.1, -0.05) is 13.0 Å². The summed E-state index contributed by atoms with van der Waals surface area (Å²) in [5.41, 5.74) is 9.93. The monoisotopic (exact) mass is 286 g/mol. The van der Waals surface area contributed by atoms with Crippen molar-refractivity contribution in [3.63, 3.8) is 0 Å². The number of nitrogens with zero attached hydrogens (tertiary/aromatic N) is 1. The Kier molecular flexibility index (Phi) is 4.81. The van der Waals surface area contributed by atoms with Crippen molar-refractivity contribution in [2.24, 2.45) is 5.73 Å². The Morgan fingerprint density at radius 3 is 2.52 bits per heavy atom. The molecule has 0 saturated heterocycles. The van der Waals surface area contributed by atoms with Gasteiger partial charge in [-0.05, 0) is 49.6 Å². The molecule has 0 saturated carbocycles. The summed E-state index contributed by atoms with van der Waals surface area (Å²) in [5, 5.41) is 0. The van der Waals surface area contributed by atoms with Crippen molar-refractivity contribution in [1.29, 1.82) is 0 Å². The van der Waals surface area contributed by atoms with Crippen LogP contribution in [0.15, 0.2) is 24.3 Å². The zero-order chi connectivity index (χ0) is 15.4. The SMILES string of the molecule is CCc1ccc(Oc2nc(C)cc(C)c2CN)c(OC)c1. The van der Waals surface area contributed by atoms with Gasteiger partial charge >= 0.3 is 0 Å². The molecule has 0 fully saturated rings. The molecule has 0 aliphatic heterocycles. The molecule has 112 valence electrons. The van der Waals surface area contributed by atoms with E-state index < -0.39 is 0 Å². The van der Waals surface area contributed by atoms with Gasteiger partial charge in [0.1, 0.15) is 0 Å². The number of pyridine rings is 1. The summed E-state index contributed by atoms with van der Waals surface area (Å²) in [7, 11) is 1.64. The Morgan fingerprint density at radius 2 is 1.90 bits per heavy atom. The lowest BCUT2D eigenvalue weighted by atomic mass is 10.1. The second kappa shape index (κ2) is 6.59. The zero-order valence-corrected chi connectivity index (χ0v) is 13.1. The molecule has 0 radical (unpaired) electrons. The summed E-state index contributed by atoms with van der Waals surface area (Å²) in [6.45, 7) is 6.45. The second-order valence-corrected chi connectivity index (χ2v) is 5.01. The van der Waals surface area contributed by atoms with Gasteiger partial charge in [-0.3, -0.25) is 0 Å². The van der Waals surface area contributed by atoms with E-state index in [0.717, 1.165) is 23.2 Å². The van der Waals surface area contributed by atoms with Crippen molar-refractivity contribution in [1.82, 2.24) is 4.98 Å². The van der Waals surface area contributed by atoms with Crippen LogP contribution >= 0.6 is 0 Å². The van der Waals surface area contributed by atoms with E-state index in [0.29, 0.717) is 23.9 Å². The number of hydrogen-bond acceptors (Lipinski definition) is 4. The number of aryl methyl sites for hydroxylation is 3.